The Kier molecular flexibility index (Phi) is 5.84. The van der Waals surface area contributed by atoms with Gasteiger partial charge in [-0.3, -0.25) is 9.52 Å². The van der Waals surface area contributed by atoms with Gasteiger partial charge in [0.05, 0.1) is 17.5 Å². The third-order valence-electron chi connectivity index (χ3n) is 4.14. The van der Waals surface area contributed by atoms with Crippen LogP contribution in [0.1, 0.15) is 17.3 Å². The fraction of sp³-hybridized carbons (Fsp3) is 0.143. The quantitative estimate of drug-likeness (QED) is 0.604. The first kappa shape index (κ1) is 20.3. The molecular weight excluding hydrogens is 392 g/mol. The van der Waals surface area contributed by atoms with E-state index in [1.165, 1.54) is 19.1 Å². The molecule has 1 atom stereocenters. The molecule has 29 heavy (non-hydrogen) atoms. The predicted molar refractivity (Wildman–Crippen MR) is 112 cm³/mol. The number of ether oxygens (including phenoxy) is 1. The molecule has 0 aliphatic rings. The first-order valence-electron chi connectivity index (χ1n) is 8.81. The maximum absolute atomic E-state index is 12.5. The third-order valence-corrected chi connectivity index (χ3v) is 4.73. The number of para-hydroxylation sites is 1. The third kappa shape index (κ3) is 5.11. The number of benzene rings is 3. The second-order valence-electron chi connectivity index (χ2n) is 6.48. The van der Waals surface area contributed by atoms with Crippen molar-refractivity contribution in [2.24, 2.45) is 0 Å². The molecule has 150 valence electrons. The van der Waals surface area contributed by atoms with Crippen LogP contribution in [0.5, 0.6) is 0 Å². The minimum Gasteiger partial charge on any atom is -0.449 e. The summed E-state index contributed by atoms with van der Waals surface area (Å²) < 4.78 is 30.5. The van der Waals surface area contributed by atoms with Crippen LogP contribution in [0.3, 0.4) is 0 Å². The number of amides is 1. The van der Waals surface area contributed by atoms with E-state index < -0.39 is 28.0 Å². The Bertz CT molecular complexity index is 1170. The molecule has 0 aliphatic heterocycles. The van der Waals surface area contributed by atoms with Gasteiger partial charge in [-0.1, -0.05) is 48.5 Å². The van der Waals surface area contributed by atoms with Gasteiger partial charge in [0.15, 0.2) is 6.10 Å². The molecule has 0 heterocycles. The molecule has 0 saturated heterocycles. The minimum atomic E-state index is -3.58. The Morgan fingerprint density at radius 1 is 0.897 bits per heavy atom. The fourth-order valence-corrected chi connectivity index (χ4v) is 3.37. The van der Waals surface area contributed by atoms with Crippen LogP contribution in [0.2, 0.25) is 0 Å². The molecule has 0 bridgehead atoms. The van der Waals surface area contributed by atoms with Gasteiger partial charge >= 0.3 is 5.97 Å². The van der Waals surface area contributed by atoms with Crippen molar-refractivity contribution >= 4 is 44.0 Å². The van der Waals surface area contributed by atoms with Crippen molar-refractivity contribution < 1.29 is 22.7 Å². The maximum atomic E-state index is 12.5. The first-order chi connectivity index (χ1) is 13.7. The van der Waals surface area contributed by atoms with Crippen LogP contribution in [-0.2, 0) is 19.6 Å². The van der Waals surface area contributed by atoms with Crippen LogP contribution in [0.25, 0.3) is 10.8 Å². The SMILES string of the molecule is C[C@@H](OC(=O)c1ccccc1NS(C)(=O)=O)C(=O)Nc1cccc2ccccc12. The van der Waals surface area contributed by atoms with E-state index in [4.69, 9.17) is 4.74 Å². The van der Waals surface area contributed by atoms with Crippen molar-refractivity contribution in [3.63, 3.8) is 0 Å². The zero-order chi connectivity index (χ0) is 21.0. The van der Waals surface area contributed by atoms with E-state index in [0.29, 0.717) is 5.69 Å². The number of nitrogens with one attached hydrogen (secondary N) is 2. The average Bonchev–Trinajstić information content (AvgIpc) is 2.67. The Balaban J connectivity index is 1.74. The van der Waals surface area contributed by atoms with Gasteiger partial charge in [-0.05, 0) is 30.5 Å². The molecule has 3 aromatic rings. The molecule has 3 rings (SSSR count). The number of sulfonamides is 1. The molecule has 0 aliphatic carbocycles. The van der Waals surface area contributed by atoms with E-state index in [-0.39, 0.29) is 11.3 Å². The van der Waals surface area contributed by atoms with Gasteiger partial charge in [0.1, 0.15) is 0 Å². The van der Waals surface area contributed by atoms with Crippen molar-refractivity contribution in [2.45, 2.75) is 13.0 Å². The Morgan fingerprint density at radius 3 is 2.28 bits per heavy atom. The molecule has 2 N–H and O–H groups in total. The second kappa shape index (κ2) is 8.32. The number of esters is 1. The van der Waals surface area contributed by atoms with E-state index in [2.05, 4.69) is 10.0 Å². The predicted octanol–water partition coefficient (Wildman–Crippen LogP) is 3.40. The van der Waals surface area contributed by atoms with E-state index in [9.17, 15) is 18.0 Å². The molecule has 7 nitrogen and oxygen atoms in total. The van der Waals surface area contributed by atoms with Crippen LogP contribution in [0.4, 0.5) is 11.4 Å². The summed E-state index contributed by atoms with van der Waals surface area (Å²) in [6.07, 6.45) is -0.109. The highest BCUT2D eigenvalue weighted by Crippen LogP contribution is 2.23. The number of anilines is 2. The summed E-state index contributed by atoms with van der Waals surface area (Å²) in [5.74, 6) is -1.31. The Labute approximate surface area is 168 Å². The lowest BCUT2D eigenvalue weighted by atomic mass is 10.1. The van der Waals surface area contributed by atoms with Crippen molar-refractivity contribution in [1.29, 1.82) is 0 Å². The molecule has 0 fully saturated rings. The van der Waals surface area contributed by atoms with E-state index in [1.807, 2.05) is 36.4 Å². The zero-order valence-corrected chi connectivity index (χ0v) is 16.7. The molecular formula is C21H20N2O5S. The summed E-state index contributed by atoms with van der Waals surface area (Å²) in [6.45, 7) is 1.45. The van der Waals surface area contributed by atoms with Gasteiger partial charge in [0.25, 0.3) is 5.91 Å². The Hall–Kier alpha value is -3.39. The number of carbonyl (C=O) groups is 2. The number of fused-ring (bicyclic) bond motifs is 1. The lowest BCUT2D eigenvalue weighted by Crippen LogP contribution is -2.30. The second-order valence-corrected chi connectivity index (χ2v) is 8.23. The minimum absolute atomic E-state index is 0.0164. The summed E-state index contributed by atoms with van der Waals surface area (Å²) in [4.78, 5) is 25.0. The summed E-state index contributed by atoms with van der Waals surface area (Å²) >= 11 is 0. The number of hydrogen-bond donors (Lipinski definition) is 2. The van der Waals surface area contributed by atoms with Gasteiger partial charge in [0.2, 0.25) is 10.0 Å². The molecule has 0 saturated carbocycles. The molecule has 1 amide bonds. The van der Waals surface area contributed by atoms with E-state index >= 15 is 0 Å². The van der Waals surface area contributed by atoms with Gasteiger partial charge in [0, 0.05) is 11.1 Å². The molecule has 3 aromatic carbocycles. The number of carbonyl (C=O) groups excluding carboxylic acids is 2. The van der Waals surface area contributed by atoms with Gasteiger partial charge in [-0.2, -0.15) is 0 Å². The zero-order valence-electron chi connectivity index (χ0n) is 15.9. The molecule has 8 heteroatoms. The van der Waals surface area contributed by atoms with Crippen molar-refractivity contribution in [3.05, 3.63) is 72.3 Å². The highest BCUT2D eigenvalue weighted by atomic mass is 32.2. The molecule has 0 radical (unpaired) electrons. The van der Waals surface area contributed by atoms with Crippen molar-refractivity contribution in [1.82, 2.24) is 0 Å². The van der Waals surface area contributed by atoms with Crippen LogP contribution in [0.15, 0.2) is 66.7 Å². The smallest absolute Gasteiger partial charge is 0.341 e. The van der Waals surface area contributed by atoms with Crippen LogP contribution < -0.4 is 10.0 Å². The summed E-state index contributed by atoms with van der Waals surface area (Å²) in [6, 6.07) is 19.1. The normalized spacial score (nSPS) is 12.2. The highest BCUT2D eigenvalue weighted by Gasteiger charge is 2.22. The number of hydrogen-bond acceptors (Lipinski definition) is 5. The lowest BCUT2D eigenvalue weighted by molar-refractivity contribution is -0.123. The maximum Gasteiger partial charge on any atom is 0.341 e. The first-order valence-corrected chi connectivity index (χ1v) is 10.7. The standard InChI is InChI=1S/C21H20N2O5S/c1-14(20(24)22-18-13-7-9-15-8-3-4-10-16(15)18)28-21(25)17-11-5-6-12-19(17)23-29(2,26)27/h3-14,23H,1-2H3,(H,22,24)/t14-/m1/s1. The molecule has 0 spiro atoms. The summed E-state index contributed by atoms with van der Waals surface area (Å²) in [5.41, 5.74) is 0.708. The van der Waals surface area contributed by atoms with Gasteiger partial charge in [-0.15, -0.1) is 0 Å². The van der Waals surface area contributed by atoms with E-state index in [0.717, 1.165) is 17.0 Å². The molecule has 0 aromatic heterocycles. The van der Waals surface area contributed by atoms with Crippen molar-refractivity contribution in [2.75, 3.05) is 16.3 Å². The van der Waals surface area contributed by atoms with Crippen LogP contribution in [0, 0.1) is 0 Å². The highest BCUT2D eigenvalue weighted by molar-refractivity contribution is 7.92. The Morgan fingerprint density at radius 2 is 1.52 bits per heavy atom. The lowest BCUT2D eigenvalue weighted by Gasteiger charge is -2.16. The van der Waals surface area contributed by atoms with Crippen LogP contribution >= 0.6 is 0 Å². The largest absolute Gasteiger partial charge is 0.449 e. The monoisotopic (exact) mass is 412 g/mol. The fourth-order valence-electron chi connectivity index (χ4n) is 2.80. The van der Waals surface area contributed by atoms with Crippen molar-refractivity contribution in [3.8, 4) is 0 Å². The van der Waals surface area contributed by atoms with Crippen LogP contribution in [-0.4, -0.2) is 32.7 Å². The van der Waals surface area contributed by atoms with Gasteiger partial charge in [-0.25, -0.2) is 13.2 Å². The average molecular weight is 412 g/mol. The molecule has 0 unspecified atom stereocenters. The number of rotatable bonds is 6. The topological polar surface area (TPSA) is 102 Å². The van der Waals surface area contributed by atoms with E-state index in [1.54, 1.807) is 18.2 Å². The van der Waals surface area contributed by atoms with Gasteiger partial charge < -0.3 is 10.1 Å². The summed E-state index contributed by atoms with van der Waals surface area (Å²) in [7, 11) is -3.58. The summed E-state index contributed by atoms with van der Waals surface area (Å²) in [5, 5.41) is 4.60.